The number of aliphatic imine (C=N–C) groups is 1. The number of benzene rings is 3. The summed E-state index contributed by atoms with van der Waals surface area (Å²) in [6, 6.07) is 21.6. The van der Waals surface area contributed by atoms with Gasteiger partial charge in [0.25, 0.3) is 0 Å². The zero-order valence-electron chi connectivity index (χ0n) is 14.5. The molecule has 26 heavy (non-hydrogen) atoms. The van der Waals surface area contributed by atoms with E-state index in [1.807, 2.05) is 42.5 Å². The molecule has 0 aromatic heterocycles. The van der Waals surface area contributed by atoms with Gasteiger partial charge in [-0.3, -0.25) is 4.99 Å². The maximum atomic E-state index is 6.35. The third-order valence-corrected chi connectivity index (χ3v) is 4.52. The van der Waals surface area contributed by atoms with Gasteiger partial charge in [-0.15, -0.1) is 0 Å². The number of hydrogen-bond acceptors (Lipinski definition) is 2. The smallest absolute Gasteiger partial charge is 0.157 e. The first kappa shape index (κ1) is 18.5. The van der Waals surface area contributed by atoms with E-state index in [2.05, 4.69) is 24.0 Å². The van der Waals surface area contributed by atoms with Crippen molar-refractivity contribution >= 4 is 35.1 Å². The van der Waals surface area contributed by atoms with Crippen LogP contribution in [0.25, 0.3) is 0 Å². The van der Waals surface area contributed by atoms with E-state index >= 15 is 0 Å². The average Bonchev–Trinajstić information content (AvgIpc) is 2.67. The second-order valence-electron chi connectivity index (χ2n) is 5.87. The van der Waals surface area contributed by atoms with Gasteiger partial charge in [0.2, 0.25) is 0 Å². The van der Waals surface area contributed by atoms with Crippen molar-refractivity contribution in [1.29, 1.82) is 0 Å². The van der Waals surface area contributed by atoms with Crippen LogP contribution in [0.3, 0.4) is 0 Å². The summed E-state index contributed by atoms with van der Waals surface area (Å²) in [6.07, 6.45) is 2.76. The summed E-state index contributed by atoms with van der Waals surface area (Å²) in [5.41, 5.74) is 4.06. The molecule has 0 spiro atoms. The molecular weight excluding hydrogens is 365 g/mol. The zero-order chi connectivity index (χ0) is 18.4. The van der Waals surface area contributed by atoms with Crippen molar-refractivity contribution in [2.45, 2.75) is 20.0 Å². The van der Waals surface area contributed by atoms with Crippen molar-refractivity contribution in [3.8, 4) is 5.75 Å². The number of rotatable bonds is 6. The first-order valence-corrected chi connectivity index (χ1v) is 9.20. The van der Waals surface area contributed by atoms with Crippen LogP contribution in [0.4, 0.5) is 5.69 Å². The fourth-order valence-corrected chi connectivity index (χ4v) is 3.10. The van der Waals surface area contributed by atoms with Gasteiger partial charge in [0.1, 0.15) is 6.61 Å². The Morgan fingerprint density at radius 3 is 2.15 bits per heavy atom. The highest BCUT2D eigenvalue weighted by Gasteiger charge is 2.09. The van der Waals surface area contributed by atoms with Crippen LogP contribution in [0.2, 0.25) is 10.0 Å². The molecule has 0 aliphatic heterocycles. The number of ether oxygens (including phenoxy) is 1. The summed E-state index contributed by atoms with van der Waals surface area (Å²) >= 11 is 12.7. The summed E-state index contributed by atoms with van der Waals surface area (Å²) in [4.78, 5) is 4.47. The van der Waals surface area contributed by atoms with Crippen LogP contribution in [-0.4, -0.2) is 6.21 Å². The Kier molecular flexibility index (Phi) is 6.32. The molecule has 0 amide bonds. The molecule has 4 heteroatoms. The fourth-order valence-electron chi connectivity index (χ4n) is 2.49. The van der Waals surface area contributed by atoms with Gasteiger partial charge in [-0.1, -0.05) is 72.6 Å². The minimum atomic E-state index is 0.414. The molecule has 3 rings (SSSR count). The number of hydrogen-bond donors (Lipinski definition) is 0. The minimum Gasteiger partial charge on any atom is -0.486 e. The van der Waals surface area contributed by atoms with E-state index in [-0.39, 0.29) is 0 Å². The van der Waals surface area contributed by atoms with Crippen molar-refractivity contribution in [2.75, 3.05) is 0 Å². The molecule has 0 N–H and O–H groups in total. The Balaban J connectivity index is 1.72. The zero-order valence-corrected chi connectivity index (χ0v) is 16.0. The summed E-state index contributed by atoms with van der Waals surface area (Å²) < 4.78 is 5.79. The van der Waals surface area contributed by atoms with Gasteiger partial charge in [-0.2, -0.15) is 0 Å². The third-order valence-electron chi connectivity index (χ3n) is 3.95. The number of nitrogens with zero attached hydrogens (tertiary/aromatic N) is 1. The molecule has 0 fully saturated rings. The quantitative estimate of drug-likeness (QED) is 0.424. The summed E-state index contributed by atoms with van der Waals surface area (Å²) in [5.74, 6) is 0.488. The van der Waals surface area contributed by atoms with Crippen LogP contribution in [0.1, 0.15) is 23.6 Å². The van der Waals surface area contributed by atoms with Crippen molar-refractivity contribution < 1.29 is 4.74 Å². The lowest BCUT2D eigenvalue weighted by Gasteiger charge is -2.11. The lowest BCUT2D eigenvalue weighted by Crippen LogP contribution is -1.97. The fraction of sp³-hybridized carbons (Fsp3) is 0.136. The normalized spacial score (nSPS) is 11.0. The van der Waals surface area contributed by atoms with Crippen molar-refractivity contribution in [3.05, 3.63) is 93.5 Å². The summed E-state index contributed by atoms with van der Waals surface area (Å²) in [7, 11) is 0. The molecule has 0 radical (unpaired) electrons. The SMILES string of the molecule is CCc1ccc(N=Cc2cc(Cl)c(OCc3ccccc3)c(Cl)c2)cc1. The molecule has 0 saturated carbocycles. The lowest BCUT2D eigenvalue weighted by atomic mass is 10.1. The number of halogens is 2. The summed E-state index contributed by atoms with van der Waals surface area (Å²) in [6.45, 7) is 2.54. The predicted molar refractivity (Wildman–Crippen MR) is 110 cm³/mol. The molecule has 0 aliphatic rings. The van der Waals surface area contributed by atoms with E-state index in [4.69, 9.17) is 27.9 Å². The maximum Gasteiger partial charge on any atom is 0.157 e. The van der Waals surface area contributed by atoms with Crippen molar-refractivity contribution in [2.24, 2.45) is 4.99 Å². The van der Waals surface area contributed by atoms with Crippen molar-refractivity contribution in [1.82, 2.24) is 0 Å². The van der Waals surface area contributed by atoms with Crippen LogP contribution in [0.5, 0.6) is 5.75 Å². The molecule has 132 valence electrons. The monoisotopic (exact) mass is 383 g/mol. The molecule has 0 aliphatic carbocycles. The van der Waals surface area contributed by atoms with Crippen LogP contribution in [0, 0.1) is 0 Å². The molecule has 0 unspecified atom stereocenters. The molecule has 0 bridgehead atoms. The Hall–Kier alpha value is -2.29. The van der Waals surface area contributed by atoms with Gasteiger partial charge in [-0.05, 0) is 47.4 Å². The van der Waals surface area contributed by atoms with E-state index in [1.165, 1.54) is 5.56 Å². The standard InChI is InChI=1S/C22H19Cl2NO/c1-2-16-8-10-19(11-9-16)25-14-18-12-20(23)22(21(24)13-18)26-15-17-6-4-3-5-7-17/h3-14H,2,15H2,1H3. The maximum absolute atomic E-state index is 6.35. The van der Waals surface area contributed by atoms with Crippen LogP contribution in [0.15, 0.2) is 71.7 Å². The molecule has 0 saturated heterocycles. The second-order valence-corrected chi connectivity index (χ2v) is 6.68. The Morgan fingerprint density at radius 2 is 1.54 bits per heavy atom. The lowest BCUT2D eigenvalue weighted by molar-refractivity contribution is 0.306. The molecule has 3 aromatic carbocycles. The van der Waals surface area contributed by atoms with E-state index < -0.39 is 0 Å². The largest absolute Gasteiger partial charge is 0.486 e. The number of aryl methyl sites for hydroxylation is 1. The van der Waals surface area contributed by atoms with E-state index in [9.17, 15) is 0 Å². The topological polar surface area (TPSA) is 21.6 Å². The molecule has 0 heterocycles. The van der Waals surface area contributed by atoms with Gasteiger partial charge in [0, 0.05) is 6.21 Å². The van der Waals surface area contributed by atoms with Gasteiger partial charge in [0.15, 0.2) is 5.75 Å². The minimum absolute atomic E-state index is 0.414. The Morgan fingerprint density at radius 1 is 0.885 bits per heavy atom. The summed E-state index contributed by atoms with van der Waals surface area (Å²) in [5, 5.41) is 0.937. The Labute approximate surface area is 164 Å². The van der Waals surface area contributed by atoms with E-state index in [0.29, 0.717) is 22.4 Å². The van der Waals surface area contributed by atoms with E-state index in [0.717, 1.165) is 23.2 Å². The highest BCUT2D eigenvalue weighted by molar-refractivity contribution is 6.37. The van der Waals surface area contributed by atoms with E-state index in [1.54, 1.807) is 18.3 Å². The van der Waals surface area contributed by atoms with Crippen LogP contribution >= 0.6 is 23.2 Å². The first-order chi connectivity index (χ1) is 12.7. The van der Waals surface area contributed by atoms with Crippen molar-refractivity contribution in [3.63, 3.8) is 0 Å². The van der Waals surface area contributed by atoms with Gasteiger partial charge in [-0.25, -0.2) is 0 Å². The highest BCUT2D eigenvalue weighted by atomic mass is 35.5. The predicted octanol–water partition coefficient (Wildman–Crippen LogP) is 6.89. The van der Waals surface area contributed by atoms with Gasteiger partial charge >= 0.3 is 0 Å². The third kappa shape index (κ3) is 4.87. The van der Waals surface area contributed by atoms with Crippen LogP contribution in [-0.2, 0) is 13.0 Å². The van der Waals surface area contributed by atoms with Gasteiger partial charge < -0.3 is 4.74 Å². The van der Waals surface area contributed by atoms with Crippen LogP contribution < -0.4 is 4.74 Å². The molecule has 0 atom stereocenters. The Bertz CT molecular complexity index is 867. The highest BCUT2D eigenvalue weighted by Crippen LogP contribution is 2.34. The second kappa shape index (κ2) is 8.88. The molecule has 2 nitrogen and oxygen atoms in total. The van der Waals surface area contributed by atoms with Gasteiger partial charge in [0.05, 0.1) is 15.7 Å². The average molecular weight is 384 g/mol. The first-order valence-electron chi connectivity index (χ1n) is 8.44. The molecule has 3 aromatic rings. The molecular formula is C22H19Cl2NO.